The van der Waals surface area contributed by atoms with Gasteiger partial charge in [0.2, 0.25) is 0 Å². The standard InChI is InChI=1S/C17H24N2O3/c1-16(2,3)11-21-14-8-7-13(9-12(14)10-18)19-15(20)22-17(4,5)6/h7-9H,11H2,1-6H3,(H,19,20). The van der Waals surface area contributed by atoms with Gasteiger partial charge in [0, 0.05) is 5.69 Å². The number of carbonyl (C=O) groups is 1. The van der Waals surface area contributed by atoms with Crippen molar-refractivity contribution in [3.8, 4) is 11.8 Å². The van der Waals surface area contributed by atoms with Gasteiger partial charge in [-0.05, 0) is 44.4 Å². The van der Waals surface area contributed by atoms with E-state index in [9.17, 15) is 10.1 Å². The van der Waals surface area contributed by atoms with Crippen LogP contribution in [-0.4, -0.2) is 18.3 Å². The van der Waals surface area contributed by atoms with Crippen LogP contribution in [0.1, 0.15) is 47.1 Å². The normalized spacial score (nSPS) is 11.5. The molecule has 0 saturated heterocycles. The van der Waals surface area contributed by atoms with E-state index in [4.69, 9.17) is 9.47 Å². The van der Waals surface area contributed by atoms with E-state index in [-0.39, 0.29) is 5.41 Å². The van der Waals surface area contributed by atoms with Gasteiger partial charge in [-0.1, -0.05) is 20.8 Å². The van der Waals surface area contributed by atoms with Crippen molar-refractivity contribution >= 4 is 11.8 Å². The topological polar surface area (TPSA) is 71.3 Å². The lowest BCUT2D eigenvalue weighted by Crippen LogP contribution is -2.27. The van der Waals surface area contributed by atoms with Gasteiger partial charge in [0.1, 0.15) is 17.4 Å². The van der Waals surface area contributed by atoms with Crippen LogP contribution in [0.3, 0.4) is 0 Å². The molecular formula is C17H24N2O3. The van der Waals surface area contributed by atoms with Crippen LogP contribution in [0.2, 0.25) is 0 Å². The Hall–Kier alpha value is -2.22. The Morgan fingerprint density at radius 3 is 2.36 bits per heavy atom. The van der Waals surface area contributed by atoms with E-state index < -0.39 is 11.7 Å². The number of nitriles is 1. The molecule has 0 saturated carbocycles. The number of carbonyl (C=O) groups excluding carboxylic acids is 1. The predicted octanol–water partition coefficient (Wildman–Crippen LogP) is 4.33. The summed E-state index contributed by atoms with van der Waals surface area (Å²) >= 11 is 0. The average Bonchev–Trinajstić information content (AvgIpc) is 2.33. The van der Waals surface area contributed by atoms with Gasteiger partial charge in [-0.25, -0.2) is 4.79 Å². The Kier molecular flexibility index (Phi) is 5.43. The third kappa shape index (κ3) is 6.49. The molecule has 0 heterocycles. The SMILES string of the molecule is CC(C)(C)COc1ccc(NC(=O)OC(C)(C)C)cc1C#N. The lowest BCUT2D eigenvalue weighted by Gasteiger charge is -2.20. The van der Waals surface area contributed by atoms with E-state index in [1.165, 1.54) is 0 Å². The summed E-state index contributed by atoms with van der Waals surface area (Å²) in [6, 6.07) is 7.01. The molecule has 1 N–H and O–H groups in total. The van der Waals surface area contributed by atoms with E-state index in [2.05, 4.69) is 32.2 Å². The second-order valence-electron chi connectivity index (χ2n) is 7.30. The number of nitrogens with one attached hydrogen (secondary N) is 1. The first-order chi connectivity index (χ1) is 10.00. The third-order valence-corrected chi connectivity index (χ3v) is 2.41. The van der Waals surface area contributed by atoms with E-state index in [1.807, 2.05) is 0 Å². The molecule has 0 spiro atoms. The van der Waals surface area contributed by atoms with Crippen LogP contribution in [0.5, 0.6) is 5.75 Å². The first kappa shape index (κ1) is 17.8. The van der Waals surface area contributed by atoms with Crippen LogP contribution in [0.4, 0.5) is 10.5 Å². The number of rotatable bonds is 3. The highest BCUT2D eigenvalue weighted by Crippen LogP contribution is 2.25. The quantitative estimate of drug-likeness (QED) is 0.902. The molecule has 0 unspecified atom stereocenters. The van der Waals surface area contributed by atoms with Crippen LogP contribution in [-0.2, 0) is 4.74 Å². The molecule has 0 radical (unpaired) electrons. The minimum absolute atomic E-state index is 0.000160. The molecule has 1 amide bonds. The van der Waals surface area contributed by atoms with Gasteiger partial charge in [-0.15, -0.1) is 0 Å². The van der Waals surface area contributed by atoms with Crippen molar-refractivity contribution in [1.29, 1.82) is 5.26 Å². The molecule has 0 aliphatic rings. The monoisotopic (exact) mass is 304 g/mol. The molecular weight excluding hydrogens is 280 g/mol. The van der Waals surface area contributed by atoms with Gasteiger partial charge in [-0.2, -0.15) is 5.26 Å². The van der Waals surface area contributed by atoms with Gasteiger partial charge < -0.3 is 9.47 Å². The lowest BCUT2D eigenvalue weighted by atomic mass is 9.98. The number of anilines is 1. The smallest absolute Gasteiger partial charge is 0.412 e. The average molecular weight is 304 g/mol. The summed E-state index contributed by atoms with van der Waals surface area (Å²) in [6.45, 7) is 12.0. The van der Waals surface area contributed by atoms with Gasteiger partial charge in [0.05, 0.1) is 12.2 Å². The Labute approximate surface area is 132 Å². The number of amides is 1. The summed E-state index contributed by atoms with van der Waals surface area (Å²) in [5, 5.41) is 11.8. The van der Waals surface area contributed by atoms with Crippen molar-refractivity contribution in [3.05, 3.63) is 23.8 Å². The maximum absolute atomic E-state index is 11.7. The number of hydrogen-bond donors (Lipinski definition) is 1. The molecule has 0 aliphatic carbocycles. The molecule has 0 bridgehead atoms. The first-order valence-electron chi connectivity index (χ1n) is 7.17. The summed E-state index contributed by atoms with van der Waals surface area (Å²) in [7, 11) is 0. The van der Waals surface area contributed by atoms with Crippen molar-refractivity contribution in [2.75, 3.05) is 11.9 Å². The largest absolute Gasteiger partial charge is 0.492 e. The summed E-state index contributed by atoms with van der Waals surface area (Å²) < 4.78 is 10.8. The lowest BCUT2D eigenvalue weighted by molar-refractivity contribution is 0.0636. The molecule has 0 aliphatic heterocycles. The third-order valence-electron chi connectivity index (χ3n) is 2.41. The van der Waals surface area contributed by atoms with Crippen LogP contribution >= 0.6 is 0 Å². The number of ether oxygens (including phenoxy) is 2. The van der Waals surface area contributed by atoms with Crippen molar-refractivity contribution in [3.63, 3.8) is 0 Å². The second kappa shape index (κ2) is 6.69. The minimum Gasteiger partial charge on any atom is -0.492 e. The molecule has 0 fully saturated rings. The molecule has 0 atom stereocenters. The fourth-order valence-electron chi connectivity index (χ4n) is 1.54. The van der Waals surface area contributed by atoms with Gasteiger partial charge >= 0.3 is 6.09 Å². The van der Waals surface area contributed by atoms with Crippen molar-refractivity contribution < 1.29 is 14.3 Å². The number of nitrogens with zero attached hydrogens (tertiary/aromatic N) is 1. The first-order valence-corrected chi connectivity index (χ1v) is 7.17. The predicted molar refractivity (Wildman–Crippen MR) is 86.0 cm³/mol. The second-order valence-corrected chi connectivity index (χ2v) is 7.30. The zero-order chi connectivity index (χ0) is 17.0. The highest BCUT2D eigenvalue weighted by Gasteiger charge is 2.17. The fourth-order valence-corrected chi connectivity index (χ4v) is 1.54. The maximum atomic E-state index is 11.7. The maximum Gasteiger partial charge on any atom is 0.412 e. The molecule has 22 heavy (non-hydrogen) atoms. The molecule has 1 aromatic rings. The molecule has 5 heteroatoms. The highest BCUT2D eigenvalue weighted by molar-refractivity contribution is 5.85. The van der Waals surface area contributed by atoms with E-state index in [1.54, 1.807) is 39.0 Å². The summed E-state index contributed by atoms with van der Waals surface area (Å²) in [5.74, 6) is 0.507. The molecule has 120 valence electrons. The van der Waals surface area contributed by atoms with Gasteiger partial charge in [0.25, 0.3) is 0 Å². The minimum atomic E-state index is -0.572. The van der Waals surface area contributed by atoms with Gasteiger partial charge in [-0.3, -0.25) is 5.32 Å². The Morgan fingerprint density at radius 2 is 1.86 bits per heavy atom. The zero-order valence-corrected chi connectivity index (χ0v) is 14.1. The summed E-state index contributed by atoms with van der Waals surface area (Å²) in [5.41, 5.74) is 0.296. The molecule has 0 aromatic heterocycles. The summed E-state index contributed by atoms with van der Waals surface area (Å²) in [6.07, 6.45) is -0.556. The molecule has 1 rings (SSSR count). The van der Waals surface area contributed by atoms with Crippen LogP contribution < -0.4 is 10.1 Å². The van der Waals surface area contributed by atoms with E-state index in [0.717, 1.165) is 0 Å². The highest BCUT2D eigenvalue weighted by atomic mass is 16.6. The van der Waals surface area contributed by atoms with Gasteiger partial charge in [0.15, 0.2) is 0 Å². The number of hydrogen-bond acceptors (Lipinski definition) is 4. The Morgan fingerprint density at radius 1 is 1.23 bits per heavy atom. The molecule has 5 nitrogen and oxygen atoms in total. The molecule has 1 aromatic carbocycles. The van der Waals surface area contributed by atoms with E-state index in [0.29, 0.717) is 23.6 Å². The summed E-state index contributed by atoms with van der Waals surface area (Å²) in [4.78, 5) is 11.7. The van der Waals surface area contributed by atoms with Crippen molar-refractivity contribution in [2.45, 2.75) is 47.1 Å². The van der Waals surface area contributed by atoms with Crippen LogP contribution in [0, 0.1) is 16.7 Å². The number of benzene rings is 1. The fraction of sp³-hybridized carbons (Fsp3) is 0.529. The van der Waals surface area contributed by atoms with Crippen LogP contribution in [0.25, 0.3) is 0 Å². The Balaban J connectivity index is 2.81. The zero-order valence-electron chi connectivity index (χ0n) is 14.1. The van der Waals surface area contributed by atoms with Crippen molar-refractivity contribution in [2.24, 2.45) is 5.41 Å². The van der Waals surface area contributed by atoms with Crippen molar-refractivity contribution in [1.82, 2.24) is 0 Å². The van der Waals surface area contributed by atoms with Crippen LogP contribution in [0.15, 0.2) is 18.2 Å². The van der Waals surface area contributed by atoms with E-state index >= 15 is 0 Å². The Bertz CT molecular complexity index is 575.